The Morgan fingerprint density at radius 1 is 1.57 bits per heavy atom. The number of amides is 1. The van der Waals surface area contributed by atoms with Crippen molar-refractivity contribution in [2.75, 3.05) is 13.2 Å². The largest absolute Gasteiger partial charge is 0.396 e. The second kappa shape index (κ2) is 5.98. The highest BCUT2D eigenvalue weighted by atomic mass is 16.2. The minimum Gasteiger partial charge on any atom is -0.396 e. The van der Waals surface area contributed by atoms with Gasteiger partial charge in [0.1, 0.15) is 0 Å². The molecule has 0 aliphatic rings. The average molecular weight is 202 g/mol. The first kappa shape index (κ1) is 13.4. The number of hydrogen-bond acceptors (Lipinski definition) is 3. The van der Waals surface area contributed by atoms with Crippen LogP contribution >= 0.6 is 0 Å². The molecule has 0 saturated carbocycles. The zero-order valence-electron chi connectivity index (χ0n) is 9.34. The molecule has 0 bridgehead atoms. The molecule has 0 saturated heterocycles. The summed E-state index contributed by atoms with van der Waals surface area (Å²) in [6.07, 6.45) is 1.66. The van der Waals surface area contributed by atoms with Gasteiger partial charge >= 0.3 is 0 Å². The van der Waals surface area contributed by atoms with Crippen molar-refractivity contribution in [2.24, 2.45) is 11.1 Å². The van der Waals surface area contributed by atoms with Crippen molar-refractivity contribution in [1.82, 2.24) is 5.32 Å². The lowest BCUT2D eigenvalue weighted by Gasteiger charge is -2.25. The minimum absolute atomic E-state index is 0.0211. The number of carbonyl (C=O) groups is 1. The Balaban J connectivity index is 3.80. The van der Waals surface area contributed by atoms with Crippen molar-refractivity contribution >= 4 is 5.91 Å². The third-order valence-corrected chi connectivity index (χ3v) is 2.17. The molecular formula is C10H22N2O2. The fourth-order valence-electron chi connectivity index (χ4n) is 1.13. The number of nitrogens with one attached hydrogen (secondary N) is 1. The third kappa shape index (κ3) is 5.94. The maximum absolute atomic E-state index is 11.2. The molecule has 84 valence electrons. The van der Waals surface area contributed by atoms with Gasteiger partial charge in [0.05, 0.1) is 6.04 Å². The van der Waals surface area contributed by atoms with Gasteiger partial charge in [0.2, 0.25) is 5.91 Å². The van der Waals surface area contributed by atoms with Crippen LogP contribution in [0.25, 0.3) is 0 Å². The van der Waals surface area contributed by atoms with E-state index in [1.807, 2.05) is 0 Å². The molecule has 14 heavy (non-hydrogen) atoms. The van der Waals surface area contributed by atoms with E-state index in [0.29, 0.717) is 6.54 Å². The summed E-state index contributed by atoms with van der Waals surface area (Å²) in [7, 11) is 0. The topological polar surface area (TPSA) is 75.4 Å². The maximum Gasteiger partial charge on any atom is 0.236 e. The zero-order chi connectivity index (χ0) is 11.2. The fourth-order valence-corrected chi connectivity index (χ4v) is 1.13. The van der Waals surface area contributed by atoms with Crippen molar-refractivity contribution in [1.29, 1.82) is 0 Å². The minimum atomic E-state index is -0.455. The molecule has 0 aromatic rings. The van der Waals surface area contributed by atoms with E-state index in [4.69, 9.17) is 10.8 Å². The quantitative estimate of drug-likeness (QED) is 0.578. The second-order valence-corrected chi connectivity index (χ2v) is 4.50. The van der Waals surface area contributed by atoms with Crippen molar-refractivity contribution < 1.29 is 9.90 Å². The number of carbonyl (C=O) groups excluding carboxylic acids is 1. The average Bonchev–Trinajstić information content (AvgIpc) is 2.11. The SMILES string of the molecule is CC(N)C(=O)NCC(C)(C)CCCO. The van der Waals surface area contributed by atoms with Gasteiger partial charge in [-0.1, -0.05) is 13.8 Å². The summed E-state index contributed by atoms with van der Waals surface area (Å²) in [6, 6.07) is -0.455. The van der Waals surface area contributed by atoms with E-state index >= 15 is 0 Å². The molecule has 0 aromatic heterocycles. The van der Waals surface area contributed by atoms with Crippen LogP contribution in [0.4, 0.5) is 0 Å². The first-order chi connectivity index (χ1) is 6.39. The highest BCUT2D eigenvalue weighted by Gasteiger charge is 2.18. The lowest BCUT2D eigenvalue weighted by molar-refractivity contribution is -0.122. The number of hydrogen-bond donors (Lipinski definition) is 3. The Kier molecular flexibility index (Phi) is 5.72. The molecule has 4 heteroatoms. The molecule has 0 aliphatic heterocycles. The Morgan fingerprint density at radius 3 is 2.57 bits per heavy atom. The maximum atomic E-state index is 11.2. The predicted octanol–water partition coefficient (Wildman–Crippen LogP) is 0.248. The van der Waals surface area contributed by atoms with Gasteiger partial charge in [0, 0.05) is 13.2 Å². The molecule has 0 fully saturated rings. The van der Waals surface area contributed by atoms with Crippen LogP contribution in [-0.4, -0.2) is 30.2 Å². The van der Waals surface area contributed by atoms with E-state index in [9.17, 15) is 4.79 Å². The van der Waals surface area contributed by atoms with E-state index in [1.165, 1.54) is 0 Å². The summed E-state index contributed by atoms with van der Waals surface area (Å²) in [4.78, 5) is 11.2. The number of rotatable bonds is 6. The molecule has 0 radical (unpaired) electrons. The van der Waals surface area contributed by atoms with Gasteiger partial charge in [-0.3, -0.25) is 4.79 Å². The van der Waals surface area contributed by atoms with Crippen LogP contribution in [0.3, 0.4) is 0 Å². The van der Waals surface area contributed by atoms with Crippen LogP contribution in [0, 0.1) is 5.41 Å². The van der Waals surface area contributed by atoms with E-state index in [1.54, 1.807) is 6.92 Å². The molecule has 0 aromatic carbocycles. The van der Waals surface area contributed by atoms with Gasteiger partial charge in [0.15, 0.2) is 0 Å². The number of nitrogens with two attached hydrogens (primary N) is 1. The first-order valence-electron chi connectivity index (χ1n) is 5.03. The molecular weight excluding hydrogens is 180 g/mol. The second-order valence-electron chi connectivity index (χ2n) is 4.50. The molecule has 1 unspecified atom stereocenters. The number of aliphatic hydroxyl groups excluding tert-OH is 1. The van der Waals surface area contributed by atoms with Gasteiger partial charge in [0.25, 0.3) is 0 Å². The molecule has 1 atom stereocenters. The molecule has 0 rings (SSSR count). The lowest BCUT2D eigenvalue weighted by Crippen LogP contribution is -2.42. The number of aliphatic hydroxyl groups is 1. The van der Waals surface area contributed by atoms with Gasteiger partial charge in [-0.15, -0.1) is 0 Å². The van der Waals surface area contributed by atoms with Crippen LogP contribution in [0.15, 0.2) is 0 Å². The van der Waals surface area contributed by atoms with Crippen molar-refractivity contribution in [2.45, 2.75) is 39.7 Å². The third-order valence-electron chi connectivity index (χ3n) is 2.17. The van der Waals surface area contributed by atoms with E-state index in [2.05, 4.69) is 19.2 Å². The first-order valence-corrected chi connectivity index (χ1v) is 5.03. The van der Waals surface area contributed by atoms with Crippen LogP contribution < -0.4 is 11.1 Å². The highest BCUT2D eigenvalue weighted by Crippen LogP contribution is 2.20. The molecule has 0 aliphatic carbocycles. The Morgan fingerprint density at radius 2 is 2.14 bits per heavy atom. The molecule has 1 amide bonds. The van der Waals surface area contributed by atoms with Crippen LogP contribution in [0.5, 0.6) is 0 Å². The summed E-state index contributed by atoms with van der Waals surface area (Å²) in [5, 5.41) is 11.5. The summed E-state index contributed by atoms with van der Waals surface area (Å²) >= 11 is 0. The summed E-state index contributed by atoms with van der Waals surface area (Å²) in [5.74, 6) is -0.123. The van der Waals surface area contributed by atoms with E-state index in [0.717, 1.165) is 12.8 Å². The van der Waals surface area contributed by atoms with Crippen LogP contribution in [-0.2, 0) is 4.79 Å². The van der Waals surface area contributed by atoms with E-state index < -0.39 is 6.04 Å². The lowest BCUT2D eigenvalue weighted by atomic mass is 9.88. The molecule has 0 spiro atoms. The smallest absolute Gasteiger partial charge is 0.236 e. The highest BCUT2D eigenvalue weighted by molar-refractivity contribution is 5.80. The van der Waals surface area contributed by atoms with Crippen LogP contribution in [0.2, 0.25) is 0 Å². The summed E-state index contributed by atoms with van der Waals surface area (Å²) < 4.78 is 0. The van der Waals surface area contributed by atoms with Gasteiger partial charge < -0.3 is 16.2 Å². The van der Waals surface area contributed by atoms with Crippen molar-refractivity contribution in [3.8, 4) is 0 Å². The van der Waals surface area contributed by atoms with Gasteiger partial charge in [-0.2, -0.15) is 0 Å². The normalized spacial score (nSPS) is 13.8. The standard InChI is InChI=1S/C10H22N2O2/c1-8(11)9(14)12-7-10(2,3)5-4-6-13/h8,13H,4-7,11H2,1-3H3,(H,12,14). The summed E-state index contributed by atoms with van der Waals surface area (Å²) in [6.45, 7) is 6.59. The summed E-state index contributed by atoms with van der Waals surface area (Å²) in [5.41, 5.74) is 5.43. The Bertz CT molecular complexity index is 179. The van der Waals surface area contributed by atoms with E-state index in [-0.39, 0.29) is 17.9 Å². The Labute approximate surface area is 85.9 Å². The molecule has 4 N–H and O–H groups in total. The molecule has 0 heterocycles. The monoisotopic (exact) mass is 202 g/mol. The van der Waals surface area contributed by atoms with Crippen LogP contribution in [0.1, 0.15) is 33.6 Å². The molecule has 4 nitrogen and oxygen atoms in total. The van der Waals surface area contributed by atoms with Gasteiger partial charge in [-0.05, 0) is 25.2 Å². The van der Waals surface area contributed by atoms with Crippen molar-refractivity contribution in [3.63, 3.8) is 0 Å². The van der Waals surface area contributed by atoms with Gasteiger partial charge in [-0.25, -0.2) is 0 Å². The fraction of sp³-hybridized carbons (Fsp3) is 0.900. The Hall–Kier alpha value is -0.610. The zero-order valence-corrected chi connectivity index (χ0v) is 9.34. The van der Waals surface area contributed by atoms with Crippen molar-refractivity contribution in [3.05, 3.63) is 0 Å². The predicted molar refractivity (Wildman–Crippen MR) is 56.8 cm³/mol.